The predicted octanol–water partition coefficient (Wildman–Crippen LogP) is 1.88. The average molecular weight is 352 g/mol. The minimum absolute atomic E-state index is 0.0475. The van der Waals surface area contributed by atoms with E-state index in [1.165, 1.54) is 22.7 Å². The summed E-state index contributed by atoms with van der Waals surface area (Å²) in [5.74, 6) is -0.373. The van der Waals surface area contributed by atoms with Crippen LogP contribution in [0, 0.1) is 12.7 Å². The number of pyridine rings is 1. The van der Waals surface area contributed by atoms with Crippen molar-refractivity contribution in [3.63, 3.8) is 0 Å². The van der Waals surface area contributed by atoms with Crippen molar-refractivity contribution in [3.8, 4) is 0 Å². The first kappa shape index (κ1) is 16.8. The minimum atomic E-state index is -0.373. The number of hydrogen-bond acceptors (Lipinski definition) is 2. The second-order valence-corrected chi connectivity index (χ2v) is 7.00. The van der Waals surface area contributed by atoms with Crippen LogP contribution in [0.2, 0.25) is 0 Å². The maximum Gasteiger partial charge on any atom is 0.198 e. The van der Waals surface area contributed by atoms with Gasteiger partial charge in [-0.25, -0.2) is 4.39 Å². The Kier molecular flexibility index (Phi) is 4.47. The van der Waals surface area contributed by atoms with Crippen LogP contribution in [-0.4, -0.2) is 31.2 Å². The van der Waals surface area contributed by atoms with Gasteiger partial charge in [0, 0.05) is 22.3 Å². The zero-order valence-electron chi connectivity index (χ0n) is 14.9. The van der Waals surface area contributed by atoms with Crippen molar-refractivity contribution in [2.75, 3.05) is 31.1 Å². The minimum Gasteiger partial charge on any atom is -0.360 e. The number of piperazine rings is 1. The highest BCUT2D eigenvalue weighted by Gasteiger charge is 2.22. The van der Waals surface area contributed by atoms with Crippen LogP contribution in [0.1, 0.15) is 11.3 Å². The van der Waals surface area contributed by atoms with Crippen LogP contribution >= 0.6 is 0 Å². The lowest BCUT2D eigenvalue weighted by molar-refractivity contribution is -0.914. The zero-order valence-corrected chi connectivity index (χ0v) is 14.9. The first-order valence-electron chi connectivity index (χ1n) is 9.06. The number of aryl methyl sites for hydroxylation is 1. The molecular formula is C21H23FN3O+. The summed E-state index contributed by atoms with van der Waals surface area (Å²) in [5.41, 5.74) is 3.55. The van der Waals surface area contributed by atoms with Gasteiger partial charge in [-0.15, -0.1) is 0 Å². The van der Waals surface area contributed by atoms with Gasteiger partial charge in [-0.2, -0.15) is 0 Å². The van der Waals surface area contributed by atoms with Gasteiger partial charge < -0.3 is 14.8 Å². The number of halogens is 1. The molecule has 1 aromatic heterocycles. The molecule has 0 saturated carbocycles. The van der Waals surface area contributed by atoms with E-state index in [-0.39, 0.29) is 11.2 Å². The van der Waals surface area contributed by atoms with Crippen molar-refractivity contribution in [2.24, 2.45) is 0 Å². The maximum absolute atomic E-state index is 13.5. The van der Waals surface area contributed by atoms with Gasteiger partial charge in [0.05, 0.1) is 31.7 Å². The molecule has 0 amide bonds. The lowest BCUT2D eigenvalue weighted by atomic mass is 10.1. The van der Waals surface area contributed by atoms with Gasteiger partial charge in [0.25, 0.3) is 0 Å². The molecule has 2 heterocycles. The molecule has 4 nitrogen and oxygen atoms in total. The fourth-order valence-electron chi connectivity index (χ4n) is 3.78. The van der Waals surface area contributed by atoms with Gasteiger partial charge in [-0.3, -0.25) is 4.79 Å². The molecule has 3 aromatic rings. The largest absolute Gasteiger partial charge is 0.360 e. The second-order valence-electron chi connectivity index (χ2n) is 7.00. The van der Waals surface area contributed by atoms with Crippen LogP contribution in [0.25, 0.3) is 10.9 Å². The van der Waals surface area contributed by atoms with Gasteiger partial charge in [0.15, 0.2) is 5.43 Å². The molecule has 0 spiro atoms. The van der Waals surface area contributed by atoms with E-state index in [4.69, 9.17) is 0 Å². The highest BCUT2D eigenvalue weighted by molar-refractivity contribution is 5.79. The van der Waals surface area contributed by atoms with Crippen molar-refractivity contribution < 1.29 is 9.29 Å². The average Bonchev–Trinajstić information content (AvgIpc) is 2.67. The van der Waals surface area contributed by atoms with Crippen molar-refractivity contribution in [1.29, 1.82) is 0 Å². The lowest BCUT2D eigenvalue weighted by Crippen LogP contribution is -3.13. The van der Waals surface area contributed by atoms with Crippen LogP contribution in [0.3, 0.4) is 0 Å². The molecule has 0 atom stereocenters. The lowest BCUT2D eigenvalue weighted by Gasteiger charge is -2.33. The summed E-state index contributed by atoms with van der Waals surface area (Å²) in [7, 11) is 0. The summed E-state index contributed by atoms with van der Waals surface area (Å²) < 4.78 is 13.5. The molecule has 0 unspecified atom stereocenters. The molecule has 1 aliphatic rings. The van der Waals surface area contributed by atoms with E-state index >= 15 is 0 Å². The summed E-state index contributed by atoms with van der Waals surface area (Å²) in [6.07, 6.45) is 0. The number of rotatable bonds is 3. The normalized spacial score (nSPS) is 15.5. The first-order chi connectivity index (χ1) is 12.6. The third-order valence-corrected chi connectivity index (χ3v) is 5.29. The standard InChI is InChI=1S/C21H22FN3O/c1-15-19(21(26)18-13-16(22)7-8-20(18)23-15)14-24-9-11-25(12-10-24)17-5-3-2-4-6-17/h2-8,13H,9-12,14H2,1H3,(H,23,26)/p+1. The van der Waals surface area contributed by atoms with Gasteiger partial charge >= 0.3 is 0 Å². The number of nitrogens with zero attached hydrogens (tertiary/aromatic N) is 1. The number of hydrogen-bond donors (Lipinski definition) is 2. The quantitative estimate of drug-likeness (QED) is 0.756. The molecule has 1 saturated heterocycles. The molecule has 1 aliphatic heterocycles. The Morgan fingerprint density at radius 3 is 2.58 bits per heavy atom. The highest BCUT2D eigenvalue weighted by atomic mass is 19.1. The summed E-state index contributed by atoms with van der Waals surface area (Å²) in [6, 6.07) is 14.8. The van der Waals surface area contributed by atoms with Crippen LogP contribution in [-0.2, 0) is 6.54 Å². The van der Waals surface area contributed by atoms with Crippen LogP contribution in [0.5, 0.6) is 0 Å². The van der Waals surface area contributed by atoms with Crippen molar-refractivity contribution in [1.82, 2.24) is 4.98 Å². The van der Waals surface area contributed by atoms with Crippen LogP contribution in [0.4, 0.5) is 10.1 Å². The number of anilines is 1. The van der Waals surface area contributed by atoms with E-state index < -0.39 is 0 Å². The van der Waals surface area contributed by atoms with Crippen molar-refractivity contribution in [2.45, 2.75) is 13.5 Å². The van der Waals surface area contributed by atoms with Crippen molar-refractivity contribution >= 4 is 16.6 Å². The van der Waals surface area contributed by atoms with Crippen LogP contribution in [0.15, 0.2) is 53.3 Å². The fraction of sp³-hybridized carbons (Fsp3) is 0.286. The molecule has 1 fully saturated rings. The van der Waals surface area contributed by atoms with Gasteiger partial charge in [0.2, 0.25) is 0 Å². The Morgan fingerprint density at radius 1 is 1.12 bits per heavy atom. The monoisotopic (exact) mass is 352 g/mol. The Balaban J connectivity index is 1.52. The van der Waals surface area contributed by atoms with E-state index in [0.717, 1.165) is 37.4 Å². The number of H-pyrrole nitrogens is 1. The zero-order chi connectivity index (χ0) is 18.1. The molecule has 2 aromatic carbocycles. The SMILES string of the molecule is Cc1[nH]c2ccc(F)cc2c(=O)c1C[NH+]1CCN(c2ccccc2)CC1. The number of para-hydroxylation sites is 1. The third-order valence-electron chi connectivity index (χ3n) is 5.29. The summed E-state index contributed by atoms with van der Waals surface area (Å²) in [5, 5.41) is 0.438. The van der Waals surface area contributed by atoms with E-state index in [0.29, 0.717) is 17.4 Å². The van der Waals surface area contributed by atoms with Gasteiger partial charge in [-0.1, -0.05) is 18.2 Å². The molecule has 0 aliphatic carbocycles. The summed E-state index contributed by atoms with van der Waals surface area (Å²) >= 11 is 0. The topological polar surface area (TPSA) is 40.5 Å². The molecule has 134 valence electrons. The molecule has 5 heteroatoms. The summed E-state index contributed by atoms with van der Waals surface area (Å²) in [6.45, 7) is 6.51. The highest BCUT2D eigenvalue weighted by Crippen LogP contribution is 2.14. The summed E-state index contributed by atoms with van der Waals surface area (Å²) in [4.78, 5) is 19.9. The fourth-order valence-corrected chi connectivity index (χ4v) is 3.78. The number of aromatic nitrogens is 1. The van der Waals surface area contributed by atoms with Gasteiger partial charge in [-0.05, 0) is 37.3 Å². The Labute approximate surface area is 151 Å². The molecule has 0 bridgehead atoms. The third kappa shape index (κ3) is 3.22. The van der Waals surface area contributed by atoms with E-state index in [9.17, 15) is 9.18 Å². The molecule has 2 N–H and O–H groups in total. The van der Waals surface area contributed by atoms with Crippen LogP contribution < -0.4 is 15.2 Å². The number of quaternary nitrogens is 1. The Bertz CT molecular complexity index is 976. The van der Waals surface area contributed by atoms with Gasteiger partial charge in [0.1, 0.15) is 12.4 Å². The van der Waals surface area contributed by atoms with Crippen molar-refractivity contribution in [3.05, 3.63) is 75.8 Å². The molecular weight excluding hydrogens is 329 g/mol. The predicted molar refractivity (Wildman–Crippen MR) is 102 cm³/mol. The Morgan fingerprint density at radius 2 is 1.85 bits per heavy atom. The maximum atomic E-state index is 13.5. The number of aromatic amines is 1. The molecule has 0 radical (unpaired) electrons. The smallest absolute Gasteiger partial charge is 0.198 e. The first-order valence-corrected chi connectivity index (χ1v) is 9.06. The van der Waals surface area contributed by atoms with E-state index in [1.54, 1.807) is 6.07 Å². The molecule has 26 heavy (non-hydrogen) atoms. The Hall–Kier alpha value is -2.66. The number of benzene rings is 2. The number of fused-ring (bicyclic) bond motifs is 1. The number of nitrogens with one attached hydrogen (secondary N) is 2. The second kappa shape index (κ2) is 6.92. The van der Waals surface area contributed by atoms with E-state index in [1.807, 2.05) is 13.0 Å². The molecule has 4 rings (SSSR count). The van der Waals surface area contributed by atoms with E-state index in [2.05, 4.69) is 34.1 Å².